The Morgan fingerprint density at radius 3 is 2.19 bits per heavy atom. The van der Waals surface area contributed by atoms with Crippen molar-refractivity contribution >= 4 is 41.1 Å². The Balaban J connectivity index is 2.89. The maximum absolute atomic E-state index is 5.87. The predicted octanol–water partition coefficient (Wildman–Crippen LogP) is 2.47. The Morgan fingerprint density at radius 1 is 1.31 bits per heavy atom. The summed E-state index contributed by atoms with van der Waals surface area (Å²) in [5.41, 5.74) is 5.46. The lowest BCUT2D eigenvalue weighted by Gasteiger charge is -2.32. The molecule has 1 saturated heterocycles. The first-order valence-corrected chi connectivity index (χ1v) is 9.07. The van der Waals surface area contributed by atoms with E-state index in [2.05, 4.69) is 26.8 Å². The molecule has 1 unspecified atom stereocenters. The van der Waals surface area contributed by atoms with Gasteiger partial charge in [-0.15, -0.1) is 0 Å². The number of nitrogens with two attached hydrogens (primary N) is 1. The number of halogens is 1. The van der Waals surface area contributed by atoms with Crippen molar-refractivity contribution in [3.63, 3.8) is 0 Å². The molecule has 16 heavy (non-hydrogen) atoms. The van der Waals surface area contributed by atoms with Crippen molar-refractivity contribution < 1.29 is 9.31 Å². The molecule has 4 nitrogen and oxygen atoms in total. The van der Waals surface area contributed by atoms with E-state index in [0.29, 0.717) is 6.37 Å². The second-order valence-electron chi connectivity index (χ2n) is 4.57. The quantitative estimate of drug-likeness (QED) is 0.367. The number of hydrogen-bond acceptors (Lipinski definition) is 4. The van der Waals surface area contributed by atoms with Gasteiger partial charge in [0.25, 0.3) is 0 Å². The zero-order valence-corrected chi connectivity index (χ0v) is 13.1. The van der Waals surface area contributed by atoms with Gasteiger partial charge in [0.15, 0.2) is 0 Å². The van der Waals surface area contributed by atoms with Crippen LogP contribution in [-0.2, 0) is 9.31 Å². The summed E-state index contributed by atoms with van der Waals surface area (Å²) in [5, 5.41) is 0. The Morgan fingerprint density at radius 2 is 1.81 bits per heavy atom. The van der Waals surface area contributed by atoms with Crippen LogP contribution in [0.1, 0.15) is 27.7 Å². The van der Waals surface area contributed by atoms with Crippen LogP contribution in [0.4, 0.5) is 0 Å². The minimum Gasteiger partial charge on any atom is -0.405 e. The van der Waals surface area contributed by atoms with E-state index in [4.69, 9.17) is 15.0 Å². The van der Waals surface area contributed by atoms with E-state index in [1.54, 1.807) is 6.08 Å². The maximum Gasteiger partial charge on any atom is 0.514 e. The molecule has 0 radical (unpaired) electrons. The molecule has 0 spiro atoms. The summed E-state index contributed by atoms with van der Waals surface area (Å²) in [7, 11) is -0.424. The van der Waals surface area contributed by atoms with Crippen molar-refractivity contribution in [3.8, 4) is 0 Å². The third-order valence-electron chi connectivity index (χ3n) is 2.93. The molecule has 0 amide bonds. The van der Waals surface area contributed by atoms with Crippen LogP contribution in [0.5, 0.6) is 0 Å². The Bertz CT molecular complexity index is 305. The van der Waals surface area contributed by atoms with Gasteiger partial charge in [-0.1, -0.05) is 0 Å². The minimum atomic E-state index is -0.424. The summed E-state index contributed by atoms with van der Waals surface area (Å²) < 4.78 is 16.1. The molecule has 1 fully saturated rings. The molecule has 1 heterocycles. The van der Waals surface area contributed by atoms with Crippen LogP contribution in [0, 0.1) is 0 Å². The number of allylic oxidation sites excluding steroid dienone is 1. The third-order valence-corrected chi connectivity index (χ3v) is 4.00. The van der Waals surface area contributed by atoms with Gasteiger partial charge in [0.1, 0.15) is 0 Å². The first-order valence-electron chi connectivity index (χ1n) is 5.01. The van der Waals surface area contributed by atoms with E-state index in [1.807, 2.05) is 27.7 Å². The molecule has 0 aromatic rings. The van der Waals surface area contributed by atoms with Gasteiger partial charge in [0.2, 0.25) is 0 Å². The van der Waals surface area contributed by atoms with Crippen LogP contribution in [0.25, 0.3) is 0 Å². The van der Waals surface area contributed by atoms with Crippen LogP contribution in [-0.4, -0.2) is 23.9 Å². The average molecular weight is 354 g/mol. The summed E-state index contributed by atoms with van der Waals surface area (Å²) in [4.78, 5) is 0. The normalized spacial score (nSPS) is 25.1. The van der Waals surface area contributed by atoms with Crippen LogP contribution in [0.2, 0.25) is 0 Å². The van der Waals surface area contributed by atoms with Crippen LogP contribution < -0.4 is 5.73 Å². The number of hydrogen-bond donors (Lipinski definition) is 1. The monoisotopic (exact) mass is 354 g/mol. The highest BCUT2D eigenvalue weighted by Gasteiger charge is 2.52. The fraction of sp³-hybridized carbons (Fsp3) is 0.667. The Labute approximate surface area is 112 Å². The van der Waals surface area contributed by atoms with Crippen molar-refractivity contribution in [3.05, 3.63) is 12.3 Å². The van der Waals surface area contributed by atoms with Gasteiger partial charge in [-0.3, -0.25) is 4.76 Å². The SMILES string of the molecule is CC1(C)OB(C(/C=C\N)=N\PI)OC1(C)C. The van der Waals surface area contributed by atoms with Crippen LogP contribution >= 0.6 is 28.4 Å². The second-order valence-corrected chi connectivity index (χ2v) is 6.41. The van der Waals surface area contributed by atoms with E-state index in [0.717, 1.165) is 5.61 Å². The topological polar surface area (TPSA) is 56.8 Å². The Hall–Kier alpha value is 0.355. The highest BCUT2D eigenvalue weighted by molar-refractivity contribution is 14.2. The molecule has 7 heteroatoms. The van der Waals surface area contributed by atoms with E-state index in [1.165, 1.54) is 6.20 Å². The summed E-state index contributed by atoms with van der Waals surface area (Å²) in [6, 6.07) is 0. The first kappa shape index (κ1) is 14.4. The van der Waals surface area contributed by atoms with Crippen LogP contribution in [0.3, 0.4) is 0 Å². The van der Waals surface area contributed by atoms with Gasteiger partial charge < -0.3 is 15.0 Å². The average Bonchev–Trinajstić information content (AvgIpc) is 2.36. The summed E-state index contributed by atoms with van der Waals surface area (Å²) in [6.07, 6.45) is 3.62. The van der Waals surface area contributed by atoms with E-state index in [-0.39, 0.29) is 11.2 Å². The largest absolute Gasteiger partial charge is 0.514 e. The minimum absolute atomic E-state index is 0.338. The second kappa shape index (κ2) is 5.33. The van der Waals surface area contributed by atoms with Gasteiger partial charge in [-0.2, -0.15) is 0 Å². The third kappa shape index (κ3) is 2.97. The first-order chi connectivity index (χ1) is 7.34. The standard InChI is InChI=1S/C9H17BIN2O2P/c1-8(2)9(3,4)15-10(14-8)7(5-6-12)13-16-11/h5-6,16H,12H2,1-4H3/b6-5-,13-7-. The molecule has 1 rings (SSSR count). The molecular weight excluding hydrogens is 337 g/mol. The number of rotatable bonds is 3. The molecule has 0 aliphatic carbocycles. The summed E-state index contributed by atoms with van der Waals surface area (Å²) >= 11 is 2.20. The molecule has 90 valence electrons. The van der Waals surface area contributed by atoms with Crippen molar-refractivity contribution in [2.75, 3.05) is 0 Å². The van der Waals surface area contributed by atoms with E-state index in [9.17, 15) is 0 Å². The molecule has 1 aliphatic heterocycles. The fourth-order valence-corrected chi connectivity index (χ4v) is 2.39. The smallest absolute Gasteiger partial charge is 0.405 e. The number of nitrogens with zero attached hydrogens (tertiary/aromatic N) is 1. The molecule has 0 aromatic heterocycles. The fourth-order valence-electron chi connectivity index (χ4n) is 1.28. The molecule has 1 aliphatic rings. The highest BCUT2D eigenvalue weighted by Crippen LogP contribution is 2.37. The van der Waals surface area contributed by atoms with Crippen LogP contribution in [0.15, 0.2) is 17.0 Å². The highest BCUT2D eigenvalue weighted by atomic mass is 127. The van der Waals surface area contributed by atoms with Crippen molar-refractivity contribution in [1.82, 2.24) is 0 Å². The molecule has 1 atom stereocenters. The van der Waals surface area contributed by atoms with Gasteiger partial charge >= 0.3 is 7.12 Å². The van der Waals surface area contributed by atoms with Crippen molar-refractivity contribution in [1.29, 1.82) is 0 Å². The van der Waals surface area contributed by atoms with Gasteiger partial charge in [-0.25, -0.2) is 0 Å². The molecule has 0 saturated carbocycles. The molecule has 0 aromatic carbocycles. The lowest BCUT2D eigenvalue weighted by Crippen LogP contribution is -2.41. The maximum atomic E-state index is 5.87. The lowest BCUT2D eigenvalue weighted by atomic mass is 9.82. The molecule has 0 bridgehead atoms. The van der Waals surface area contributed by atoms with E-state index >= 15 is 0 Å². The van der Waals surface area contributed by atoms with Gasteiger partial charge in [-0.05, 0) is 62.0 Å². The van der Waals surface area contributed by atoms with Crippen molar-refractivity contribution in [2.45, 2.75) is 38.9 Å². The van der Waals surface area contributed by atoms with Crippen molar-refractivity contribution in [2.24, 2.45) is 10.5 Å². The molecular formula is C9H17BIN2O2P. The van der Waals surface area contributed by atoms with Gasteiger partial charge in [0.05, 0.1) is 23.2 Å². The zero-order chi connectivity index (χ0) is 12.4. The zero-order valence-electron chi connectivity index (χ0n) is 9.95. The Kier molecular flexibility index (Phi) is 4.81. The van der Waals surface area contributed by atoms with Gasteiger partial charge in [0, 0.05) is 0 Å². The molecule has 2 N–H and O–H groups in total. The predicted molar refractivity (Wildman–Crippen MR) is 79.2 cm³/mol. The summed E-state index contributed by atoms with van der Waals surface area (Å²) in [5.74, 6) is 0. The lowest BCUT2D eigenvalue weighted by molar-refractivity contribution is 0.00578. The van der Waals surface area contributed by atoms with E-state index < -0.39 is 7.12 Å². The summed E-state index contributed by atoms with van der Waals surface area (Å²) in [6.45, 7) is 8.07.